The molecule has 0 saturated heterocycles. The van der Waals surface area contributed by atoms with E-state index < -0.39 is 5.41 Å². The van der Waals surface area contributed by atoms with Crippen LogP contribution in [0, 0.1) is 13.8 Å². The van der Waals surface area contributed by atoms with Crippen LogP contribution in [0.2, 0.25) is 0 Å². The standard InChI is InChI=1S/C47H34O2/c1-29-23-39(17-21-45(29)48)47(40-18-22-46(49)30(2)24-40)43-27-37(35-13-11-31-7-3-5-9-33(31)25-35)15-19-41(43)42-20-16-38(28-44(42)47)36-14-12-32-8-4-6-10-34(32)26-36/h3-28,48-49H,1-2H3. The lowest BCUT2D eigenvalue weighted by atomic mass is 9.66. The third kappa shape index (κ3) is 4.48. The van der Waals surface area contributed by atoms with Crippen LogP contribution in [0.3, 0.4) is 0 Å². The van der Waals surface area contributed by atoms with Crippen molar-refractivity contribution in [3.8, 4) is 44.9 Å². The highest BCUT2D eigenvalue weighted by molar-refractivity contribution is 5.93. The van der Waals surface area contributed by atoms with Gasteiger partial charge < -0.3 is 10.2 Å². The molecule has 1 aliphatic rings. The summed E-state index contributed by atoms with van der Waals surface area (Å²) in [5.74, 6) is 0.545. The Morgan fingerprint density at radius 3 is 1.18 bits per heavy atom. The maximum Gasteiger partial charge on any atom is 0.118 e. The van der Waals surface area contributed by atoms with Gasteiger partial charge in [-0.1, -0.05) is 121 Å². The topological polar surface area (TPSA) is 40.5 Å². The zero-order chi connectivity index (χ0) is 33.3. The lowest BCUT2D eigenvalue weighted by Crippen LogP contribution is -2.29. The highest BCUT2D eigenvalue weighted by Crippen LogP contribution is 2.58. The van der Waals surface area contributed by atoms with Crippen molar-refractivity contribution >= 4 is 21.5 Å². The van der Waals surface area contributed by atoms with E-state index in [2.05, 4.69) is 146 Å². The normalized spacial score (nSPS) is 13.0. The maximum absolute atomic E-state index is 10.7. The molecule has 1 aliphatic carbocycles. The smallest absolute Gasteiger partial charge is 0.118 e. The second-order valence-corrected chi connectivity index (χ2v) is 13.4. The molecule has 0 bridgehead atoms. The van der Waals surface area contributed by atoms with Crippen molar-refractivity contribution in [2.75, 3.05) is 0 Å². The first kappa shape index (κ1) is 29.1. The first-order valence-electron chi connectivity index (χ1n) is 16.8. The molecule has 0 saturated carbocycles. The molecule has 2 nitrogen and oxygen atoms in total. The average Bonchev–Trinajstić information content (AvgIpc) is 3.43. The number of aromatic hydroxyl groups is 2. The number of fused-ring (bicyclic) bond motifs is 5. The number of hydrogen-bond donors (Lipinski definition) is 2. The summed E-state index contributed by atoms with van der Waals surface area (Å²) in [5, 5.41) is 26.3. The number of rotatable bonds is 4. The zero-order valence-corrected chi connectivity index (χ0v) is 27.4. The maximum atomic E-state index is 10.7. The molecule has 2 heteroatoms. The van der Waals surface area contributed by atoms with Gasteiger partial charge in [0.1, 0.15) is 11.5 Å². The van der Waals surface area contributed by atoms with Crippen molar-refractivity contribution in [2.45, 2.75) is 19.3 Å². The summed E-state index contributed by atoms with van der Waals surface area (Å²) in [6, 6.07) is 56.1. The second kappa shape index (κ2) is 11.0. The van der Waals surface area contributed by atoms with Crippen LogP contribution in [0.5, 0.6) is 11.5 Å². The van der Waals surface area contributed by atoms with E-state index >= 15 is 0 Å². The Kier molecular flexibility index (Phi) is 6.50. The van der Waals surface area contributed by atoms with Crippen molar-refractivity contribution in [2.24, 2.45) is 0 Å². The largest absolute Gasteiger partial charge is 0.508 e. The first-order valence-corrected chi connectivity index (χ1v) is 16.8. The van der Waals surface area contributed by atoms with Crippen LogP contribution in [0.25, 0.3) is 54.9 Å². The van der Waals surface area contributed by atoms with Crippen LogP contribution >= 0.6 is 0 Å². The molecule has 8 aromatic carbocycles. The lowest BCUT2D eigenvalue weighted by molar-refractivity contribution is 0.470. The number of hydrogen-bond acceptors (Lipinski definition) is 2. The van der Waals surface area contributed by atoms with Crippen molar-refractivity contribution in [3.05, 3.63) is 191 Å². The minimum Gasteiger partial charge on any atom is -0.508 e. The molecule has 0 atom stereocenters. The molecule has 234 valence electrons. The van der Waals surface area contributed by atoms with Gasteiger partial charge in [-0.25, -0.2) is 0 Å². The molecule has 8 aromatic rings. The van der Waals surface area contributed by atoms with E-state index in [-0.39, 0.29) is 11.5 Å². The van der Waals surface area contributed by atoms with E-state index in [0.717, 1.165) is 44.5 Å². The number of phenols is 2. The molecule has 0 radical (unpaired) electrons. The SMILES string of the molecule is Cc1cc(C2(c3ccc(O)c(C)c3)c3cc(-c4ccc5ccccc5c4)ccc3-c3ccc(-c4ccc5ccccc5c4)cc32)ccc1O. The summed E-state index contributed by atoms with van der Waals surface area (Å²) in [4.78, 5) is 0. The third-order valence-electron chi connectivity index (χ3n) is 10.6. The molecular weight excluding hydrogens is 597 g/mol. The third-order valence-corrected chi connectivity index (χ3v) is 10.6. The second-order valence-electron chi connectivity index (χ2n) is 13.4. The predicted molar refractivity (Wildman–Crippen MR) is 202 cm³/mol. The Morgan fingerprint density at radius 2 is 0.755 bits per heavy atom. The Labute approximate surface area is 286 Å². The molecule has 0 heterocycles. The summed E-state index contributed by atoms with van der Waals surface area (Å²) in [6.07, 6.45) is 0. The Hall–Kier alpha value is -6.12. The fourth-order valence-electron chi connectivity index (χ4n) is 7.99. The molecule has 0 spiro atoms. The molecule has 49 heavy (non-hydrogen) atoms. The minimum absolute atomic E-state index is 0.272. The highest BCUT2D eigenvalue weighted by atomic mass is 16.3. The Bertz CT molecular complexity index is 2430. The van der Waals surface area contributed by atoms with Crippen LogP contribution in [0.1, 0.15) is 33.4 Å². The van der Waals surface area contributed by atoms with E-state index in [1.807, 2.05) is 26.0 Å². The first-order chi connectivity index (χ1) is 23.9. The number of aryl methyl sites for hydroxylation is 2. The van der Waals surface area contributed by atoms with Gasteiger partial charge in [0, 0.05) is 0 Å². The van der Waals surface area contributed by atoms with Crippen molar-refractivity contribution < 1.29 is 10.2 Å². The molecule has 9 rings (SSSR count). The van der Waals surface area contributed by atoms with E-state index in [0.29, 0.717) is 0 Å². The van der Waals surface area contributed by atoms with E-state index in [9.17, 15) is 10.2 Å². The highest BCUT2D eigenvalue weighted by Gasteiger charge is 2.47. The summed E-state index contributed by atoms with van der Waals surface area (Å²) >= 11 is 0. The van der Waals surface area contributed by atoms with Gasteiger partial charge in [0.2, 0.25) is 0 Å². The van der Waals surface area contributed by atoms with Gasteiger partial charge in [0.25, 0.3) is 0 Å². The number of phenolic OH excluding ortho intramolecular Hbond substituents is 2. The van der Waals surface area contributed by atoms with Gasteiger partial charge in [-0.3, -0.25) is 0 Å². The molecule has 0 unspecified atom stereocenters. The molecule has 2 N–H and O–H groups in total. The summed E-state index contributed by atoms with van der Waals surface area (Å²) < 4.78 is 0. The molecular formula is C47H34O2. The quantitative estimate of drug-likeness (QED) is 0.203. The molecule has 0 aliphatic heterocycles. The lowest BCUT2D eigenvalue weighted by Gasteiger charge is -2.35. The van der Waals surface area contributed by atoms with Crippen LogP contribution < -0.4 is 0 Å². The number of benzene rings is 8. The summed E-state index contributed by atoms with van der Waals surface area (Å²) in [5.41, 5.74) is 12.4. The van der Waals surface area contributed by atoms with Gasteiger partial charge in [-0.05, 0) is 139 Å². The monoisotopic (exact) mass is 630 g/mol. The molecule has 0 aromatic heterocycles. The fourth-order valence-corrected chi connectivity index (χ4v) is 7.99. The van der Waals surface area contributed by atoms with E-state index in [1.54, 1.807) is 0 Å². The Balaban J connectivity index is 1.36. The van der Waals surface area contributed by atoms with Crippen LogP contribution in [0.15, 0.2) is 158 Å². The van der Waals surface area contributed by atoms with Crippen LogP contribution in [-0.4, -0.2) is 10.2 Å². The van der Waals surface area contributed by atoms with E-state index in [4.69, 9.17) is 0 Å². The van der Waals surface area contributed by atoms with Crippen LogP contribution in [0.4, 0.5) is 0 Å². The van der Waals surface area contributed by atoms with Crippen molar-refractivity contribution in [1.29, 1.82) is 0 Å². The van der Waals surface area contributed by atoms with Gasteiger partial charge >= 0.3 is 0 Å². The average molecular weight is 631 g/mol. The van der Waals surface area contributed by atoms with Crippen LogP contribution in [-0.2, 0) is 5.41 Å². The van der Waals surface area contributed by atoms with Gasteiger partial charge in [-0.15, -0.1) is 0 Å². The van der Waals surface area contributed by atoms with E-state index in [1.165, 1.54) is 43.8 Å². The van der Waals surface area contributed by atoms with Crippen molar-refractivity contribution in [1.82, 2.24) is 0 Å². The predicted octanol–water partition coefficient (Wildman–Crippen LogP) is 11.7. The Morgan fingerprint density at radius 1 is 0.367 bits per heavy atom. The van der Waals surface area contributed by atoms with Gasteiger partial charge in [-0.2, -0.15) is 0 Å². The van der Waals surface area contributed by atoms with Gasteiger partial charge in [0.05, 0.1) is 5.41 Å². The van der Waals surface area contributed by atoms with Gasteiger partial charge in [0.15, 0.2) is 0 Å². The van der Waals surface area contributed by atoms with Crippen molar-refractivity contribution in [3.63, 3.8) is 0 Å². The zero-order valence-electron chi connectivity index (χ0n) is 27.4. The molecule has 0 amide bonds. The fraction of sp³-hybridized carbons (Fsp3) is 0.0638. The summed E-state index contributed by atoms with van der Waals surface area (Å²) in [7, 11) is 0. The molecule has 0 fully saturated rings. The summed E-state index contributed by atoms with van der Waals surface area (Å²) in [6.45, 7) is 3.92. The minimum atomic E-state index is -0.721.